The van der Waals surface area contributed by atoms with Crippen molar-refractivity contribution in [1.29, 1.82) is 0 Å². The molecule has 5 nitrogen and oxygen atoms in total. The number of amides is 1. The molecule has 32 heavy (non-hydrogen) atoms. The lowest BCUT2D eigenvalue weighted by atomic mass is 10.3. The summed E-state index contributed by atoms with van der Waals surface area (Å²) in [6, 6.07) is 17.6. The molecule has 10 heteroatoms. The van der Waals surface area contributed by atoms with Gasteiger partial charge in [0.25, 0.3) is 10.0 Å². The topological polar surface area (TPSA) is 75.3 Å². The SMILES string of the molecule is CCC(Sc1ccc(Cl)cc1)C(=O)Nc1ccc(S(=O)(=O)Nc2cc(Cl)cc(Cl)c2)cc1. The molecule has 0 saturated heterocycles. The second-order valence-electron chi connectivity index (χ2n) is 6.75. The van der Waals surface area contributed by atoms with Crippen molar-refractivity contribution in [3.05, 3.63) is 81.8 Å². The number of rotatable bonds is 8. The highest BCUT2D eigenvalue weighted by atomic mass is 35.5. The third-order valence-corrected chi connectivity index (χ3v) is 7.76. The van der Waals surface area contributed by atoms with Gasteiger partial charge in [0, 0.05) is 25.7 Å². The summed E-state index contributed by atoms with van der Waals surface area (Å²) in [5, 5.41) is 3.78. The summed E-state index contributed by atoms with van der Waals surface area (Å²) in [5.41, 5.74) is 0.750. The quantitative estimate of drug-likeness (QED) is 0.309. The Hall–Kier alpha value is -1.90. The van der Waals surface area contributed by atoms with Crippen molar-refractivity contribution < 1.29 is 13.2 Å². The van der Waals surface area contributed by atoms with Crippen molar-refractivity contribution in [2.75, 3.05) is 10.0 Å². The van der Waals surface area contributed by atoms with Gasteiger partial charge in [-0.1, -0.05) is 41.7 Å². The van der Waals surface area contributed by atoms with Crippen molar-refractivity contribution in [2.24, 2.45) is 0 Å². The standard InChI is InChI=1S/C22H19Cl3N2O3S2/c1-2-21(31-19-7-3-14(23)4-8-19)22(28)26-17-5-9-20(10-6-17)32(29,30)27-18-12-15(24)11-16(25)13-18/h3-13,21,27H,2H2,1H3,(H,26,28). The molecule has 1 unspecified atom stereocenters. The summed E-state index contributed by atoms with van der Waals surface area (Å²) in [6.07, 6.45) is 0.623. The highest BCUT2D eigenvalue weighted by Crippen LogP contribution is 2.28. The molecule has 1 atom stereocenters. The van der Waals surface area contributed by atoms with E-state index in [4.69, 9.17) is 34.8 Å². The van der Waals surface area contributed by atoms with Crippen LogP contribution in [0.5, 0.6) is 0 Å². The Morgan fingerprint density at radius 1 is 0.875 bits per heavy atom. The van der Waals surface area contributed by atoms with Crippen molar-refractivity contribution in [2.45, 2.75) is 28.4 Å². The number of nitrogens with one attached hydrogen (secondary N) is 2. The molecule has 0 saturated carbocycles. The van der Waals surface area contributed by atoms with Crippen molar-refractivity contribution in [3.8, 4) is 0 Å². The largest absolute Gasteiger partial charge is 0.325 e. The van der Waals surface area contributed by atoms with Crippen molar-refractivity contribution >= 4 is 73.9 Å². The lowest BCUT2D eigenvalue weighted by molar-refractivity contribution is -0.115. The molecule has 1 amide bonds. The van der Waals surface area contributed by atoms with E-state index in [1.165, 1.54) is 54.2 Å². The van der Waals surface area contributed by atoms with Crippen LogP contribution >= 0.6 is 46.6 Å². The molecule has 0 bridgehead atoms. The summed E-state index contributed by atoms with van der Waals surface area (Å²) >= 11 is 19.2. The van der Waals surface area contributed by atoms with Crippen LogP contribution in [0.3, 0.4) is 0 Å². The van der Waals surface area contributed by atoms with Gasteiger partial charge in [-0.15, -0.1) is 11.8 Å². The number of sulfonamides is 1. The van der Waals surface area contributed by atoms with Gasteiger partial charge in [0.05, 0.1) is 15.8 Å². The van der Waals surface area contributed by atoms with Crippen LogP contribution in [0.4, 0.5) is 11.4 Å². The van der Waals surface area contributed by atoms with Gasteiger partial charge in [-0.3, -0.25) is 9.52 Å². The number of halogens is 3. The van der Waals surface area contributed by atoms with Gasteiger partial charge in [-0.2, -0.15) is 0 Å². The van der Waals surface area contributed by atoms with Gasteiger partial charge in [0.1, 0.15) is 0 Å². The molecule has 3 rings (SSSR count). The molecule has 0 aliphatic carbocycles. The zero-order valence-electron chi connectivity index (χ0n) is 16.8. The van der Waals surface area contributed by atoms with Gasteiger partial charge in [0.2, 0.25) is 5.91 Å². The first-order valence-electron chi connectivity index (χ1n) is 9.48. The number of benzene rings is 3. The zero-order chi connectivity index (χ0) is 23.3. The van der Waals surface area contributed by atoms with E-state index >= 15 is 0 Å². The van der Waals surface area contributed by atoms with Crippen LogP contribution in [0.1, 0.15) is 13.3 Å². The van der Waals surface area contributed by atoms with Gasteiger partial charge >= 0.3 is 0 Å². The van der Waals surface area contributed by atoms with Gasteiger partial charge < -0.3 is 5.32 Å². The molecule has 2 N–H and O–H groups in total. The summed E-state index contributed by atoms with van der Waals surface area (Å²) in [6.45, 7) is 1.93. The molecule has 0 heterocycles. The van der Waals surface area contributed by atoms with Crippen LogP contribution in [0.25, 0.3) is 0 Å². The molecule has 0 spiro atoms. The third-order valence-electron chi connectivity index (χ3n) is 4.30. The van der Waals surface area contributed by atoms with Gasteiger partial charge in [-0.25, -0.2) is 8.42 Å². The fourth-order valence-electron chi connectivity index (χ4n) is 2.77. The molecular weight excluding hydrogens is 511 g/mol. The van der Waals surface area contributed by atoms with E-state index in [9.17, 15) is 13.2 Å². The Balaban J connectivity index is 1.67. The molecule has 0 radical (unpaired) electrons. The molecule has 0 aromatic heterocycles. The van der Waals surface area contributed by atoms with Crippen molar-refractivity contribution in [1.82, 2.24) is 0 Å². The third kappa shape index (κ3) is 6.80. The molecule has 0 aliphatic rings. The first-order chi connectivity index (χ1) is 15.2. The molecule has 0 aliphatic heterocycles. The van der Waals surface area contributed by atoms with Gasteiger partial charge in [0.15, 0.2) is 0 Å². The fraction of sp³-hybridized carbons (Fsp3) is 0.136. The van der Waals surface area contributed by atoms with Crippen LogP contribution in [-0.2, 0) is 14.8 Å². The maximum absolute atomic E-state index is 12.7. The lowest BCUT2D eigenvalue weighted by Gasteiger charge is -2.15. The van der Waals surface area contributed by atoms with Crippen LogP contribution < -0.4 is 10.0 Å². The van der Waals surface area contributed by atoms with E-state index in [0.29, 0.717) is 27.2 Å². The average Bonchev–Trinajstić information content (AvgIpc) is 2.72. The highest BCUT2D eigenvalue weighted by Gasteiger charge is 2.19. The molecule has 3 aromatic rings. The zero-order valence-corrected chi connectivity index (χ0v) is 20.7. The fourth-order valence-corrected chi connectivity index (χ4v) is 5.41. The summed E-state index contributed by atoms with van der Waals surface area (Å²) in [7, 11) is -3.85. The lowest BCUT2D eigenvalue weighted by Crippen LogP contribution is -2.24. The Labute approximate surface area is 206 Å². The highest BCUT2D eigenvalue weighted by molar-refractivity contribution is 8.00. The molecule has 0 fully saturated rings. The second kappa shape index (κ2) is 10.8. The van der Waals surface area contributed by atoms with E-state index in [1.807, 2.05) is 19.1 Å². The van der Waals surface area contributed by atoms with E-state index < -0.39 is 10.0 Å². The Morgan fingerprint density at radius 2 is 1.47 bits per heavy atom. The molecular formula is C22H19Cl3N2O3S2. The average molecular weight is 530 g/mol. The summed E-state index contributed by atoms with van der Waals surface area (Å²) in [4.78, 5) is 13.7. The minimum absolute atomic E-state index is 0.0363. The Bertz CT molecular complexity index is 1180. The smallest absolute Gasteiger partial charge is 0.261 e. The summed E-state index contributed by atoms with van der Waals surface area (Å²) in [5.74, 6) is -0.172. The van der Waals surface area contributed by atoms with Crippen LogP contribution in [-0.4, -0.2) is 19.6 Å². The predicted molar refractivity (Wildman–Crippen MR) is 134 cm³/mol. The van der Waals surface area contributed by atoms with Crippen LogP contribution in [0.15, 0.2) is 76.5 Å². The van der Waals surface area contributed by atoms with E-state index in [0.717, 1.165) is 4.90 Å². The predicted octanol–water partition coefficient (Wildman–Crippen LogP) is 6.96. The number of thioether (sulfide) groups is 1. The van der Waals surface area contributed by atoms with Crippen molar-refractivity contribution in [3.63, 3.8) is 0 Å². The first kappa shape index (κ1) is 24.7. The van der Waals surface area contributed by atoms with E-state index in [1.54, 1.807) is 12.1 Å². The normalized spacial score (nSPS) is 12.2. The minimum Gasteiger partial charge on any atom is -0.325 e. The van der Waals surface area contributed by atoms with E-state index in [2.05, 4.69) is 10.0 Å². The molecule has 3 aromatic carbocycles. The van der Waals surface area contributed by atoms with Gasteiger partial charge in [-0.05, 0) is 73.2 Å². The minimum atomic E-state index is -3.85. The maximum Gasteiger partial charge on any atom is 0.261 e. The van der Waals surface area contributed by atoms with Crippen LogP contribution in [0, 0.1) is 0 Å². The number of anilines is 2. The number of carbonyl (C=O) groups is 1. The molecule has 168 valence electrons. The van der Waals surface area contributed by atoms with E-state index in [-0.39, 0.29) is 21.7 Å². The maximum atomic E-state index is 12.7. The van der Waals surface area contributed by atoms with Crippen LogP contribution in [0.2, 0.25) is 15.1 Å². The Morgan fingerprint density at radius 3 is 2.03 bits per heavy atom. The summed E-state index contributed by atoms with van der Waals surface area (Å²) < 4.78 is 27.7. The number of hydrogen-bond donors (Lipinski definition) is 2. The Kier molecular flexibility index (Phi) is 8.36. The monoisotopic (exact) mass is 528 g/mol. The second-order valence-corrected chi connectivity index (χ2v) is 11.0. The number of carbonyl (C=O) groups excluding carboxylic acids is 1. The first-order valence-corrected chi connectivity index (χ1v) is 13.0. The number of hydrogen-bond acceptors (Lipinski definition) is 4.